The standard InChI is InChI=1S/C14H20O/c1-11(2)12(3)9-14(15)10-13-7-5-4-6-8-13/h4-8,11-12H,9-10H2,1-3H3. The third-order valence-corrected chi connectivity index (χ3v) is 2.93. The Bertz CT molecular complexity index is 300. The van der Waals surface area contributed by atoms with E-state index >= 15 is 0 Å². The van der Waals surface area contributed by atoms with Crippen molar-refractivity contribution in [1.82, 2.24) is 0 Å². The van der Waals surface area contributed by atoms with Gasteiger partial charge in [0.15, 0.2) is 0 Å². The molecule has 0 saturated heterocycles. The summed E-state index contributed by atoms with van der Waals surface area (Å²) in [6.45, 7) is 6.48. The van der Waals surface area contributed by atoms with Gasteiger partial charge in [-0.25, -0.2) is 0 Å². The van der Waals surface area contributed by atoms with Gasteiger partial charge in [0.25, 0.3) is 0 Å². The molecule has 1 rings (SSSR count). The van der Waals surface area contributed by atoms with Crippen molar-refractivity contribution in [3.8, 4) is 0 Å². The number of benzene rings is 1. The maximum absolute atomic E-state index is 11.7. The maximum Gasteiger partial charge on any atom is 0.137 e. The van der Waals surface area contributed by atoms with E-state index in [9.17, 15) is 4.79 Å². The Balaban J connectivity index is 2.43. The molecule has 0 bridgehead atoms. The minimum absolute atomic E-state index is 0.349. The second-order valence-corrected chi connectivity index (χ2v) is 4.63. The molecule has 0 radical (unpaired) electrons. The summed E-state index contributed by atoms with van der Waals surface area (Å²) in [4.78, 5) is 11.7. The number of hydrogen-bond acceptors (Lipinski definition) is 1. The zero-order valence-electron chi connectivity index (χ0n) is 9.86. The molecule has 1 aromatic rings. The second-order valence-electron chi connectivity index (χ2n) is 4.63. The first-order chi connectivity index (χ1) is 7.09. The minimum Gasteiger partial charge on any atom is -0.299 e. The highest BCUT2D eigenvalue weighted by Crippen LogP contribution is 2.15. The minimum atomic E-state index is 0.349. The van der Waals surface area contributed by atoms with Crippen LogP contribution in [0.4, 0.5) is 0 Å². The zero-order chi connectivity index (χ0) is 11.3. The summed E-state index contributed by atoms with van der Waals surface area (Å²) in [5.41, 5.74) is 1.12. The molecule has 1 unspecified atom stereocenters. The summed E-state index contributed by atoms with van der Waals surface area (Å²) >= 11 is 0. The monoisotopic (exact) mass is 204 g/mol. The van der Waals surface area contributed by atoms with E-state index in [1.165, 1.54) is 0 Å². The van der Waals surface area contributed by atoms with Crippen molar-refractivity contribution in [3.05, 3.63) is 35.9 Å². The zero-order valence-corrected chi connectivity index (χ0v) is 9.86. The Morgan fingerprint density at radius 3 is 2.27 bits per heavy atom. The van der Waals surface area contributed by atoms with Crippen LogP contribution in [-0.4, -0.2) is 5.78 Å². The van der Waals surface area contributed by atoms with E-state index in [4.69, 9.17) is 0 Å². The second kappa shape index (κ2) is 5.69. The lowest BCUT2D eigenvalue weighted by atomic mass is 9.91. The number of ketones is 1. The van der Waals surface area contributed by atoms with Crippen LogP contribution in [-0.2, 0) is 11.2 Å². The molecule has 15 heavy (non-hydrogen) atoms. The van der Waals surface area contributed by atoms with Crippen LogP contribution in [0.3, 0.4) is 0 Å². The first-order valence-electron chi connectivity index (χ1n) is 5.65. The van der Waals surface area contributed by atoms with E-state index in [-0.39, 0.29) is 0 Å². The summed E-state index contributed by atoms with van der Waals surface area (Å²) < 4.78 is 0. The van der Waals surface area contributed by atoms with Crippen LogP contribution in [0.2, 0.25) is 0 Å². The fourth-order valence-corrected chi connectivity index (χ4v) is 1.49. The molecule has 1 aromatic carbocycles. The first-order valence-corrected chi connectivity index (χ1v) is 5.65. The largest absolute Gasteiger partial charge is 0.299 e. The molecule has 0 heterocycles. The molecule has 0 amide bonds. The third-order valence-electron chi connectivity index (χ3n) is 2.93. The van der Waals surface area contributed by atoms with E-state index in [0.29, 0.717) is 30.5 Å². The SMILES string of the molecule is CC(C)C(C)CC(=O)Cc1ccccc1. The van der Waals surface area contributed by atoms with Gasteiger partial charge in [-0.2, -0.15) is 0 Å². The molecule has 0 aliphatic rings. The molecule has 1 nitrogen and oxygen atoms in total. The summed E-state index contributed by atoms with van der Waals surface area (Å²) in [7, 11) is 0. The van der Waals surface area contributed by atoms with Gasteiger partial charge in [-0.15, -0.1) is 0 Å². The highest BCUT2D eigenvalue weighted by Gasteiger charge is 2.12. The molecule has 0 saturated carbocycles. The molecule has 1 heteroatoms. The number of rotatable bonds is 5. The predicted molar refractivity (Wildman–Crippen MR) is 63.8 cm³/mol. The number of carbonyl (C=O) groups is 1. The van der Waals surface area contributed by atoms with Crippen LogP contribution in [0.15, 0.2) is 30.3 Å². The quantitative estimate of drug-likeness (QED) is 0.717. The predicted octanol–water partition coefficient (Wildman–Crippen LogP) is 3.48. The van der Waals surface area contributed by atoms with E-state index < -0.39 is 0 Å². The van der Waals surface area contributed by atoms with Gasteiger partial charge >= 0.3 is 0 Å². The highest BCUT2D eigenvalue weighted by molar-refractivity contribution is 5.81. The van der Waals surface area contributed by atoms with E-state index in [1.54, 1.807) is 0 Å². The Morgan fingerprint density at radius 1 is 1.13 bits per heavy atom. The van der Waals surface area contributed by atoms with Crippen LogP contribution in [0.1, 0.15) is 32.8 Å². The molecule has 0 spiro atoms. The molecule has 0 fully saturated rings. The van der Waals surface area contributed by atoms with Crippen LogP contribution in [0.25, 0.3) is 0 Å². The van der Waals surface area contributed by atoms with Gasteiger partial charge in [0, 0.05) is 12.8 Å². The lowest BCUT2D eigenvalue weighted by molar-refractivity contribution is -0.119. The average molecular weight is 204 g/mol. The van der Waals surface area contributed by atoms with Gasteiger partial charge in [0.05, 0.1) is 0 Å². The number of carbonyl (C=O) groups excluding carboxylic acids is 1. The lowest BCUT2D eigenvalue weighted by Gasteiger charge is -2.14. The molecular weight excluding hydrogens is 184 g/mol. The summed E-state index contributed by atoms with van der Waals surface area (Å²) in [5.74, 6) is 1.42. The smallest absolute Gasteiger partial charge is 0.137 e. The van der Waals surface area contributed by atoms with E-state index in [1.807, 2.05) is 30.3 Å². The van der Waals surface area contributed by atoms with Gasteiger partial charge in [-0.1, -0.05) is 51.1 Å². The van der Waals surface area contributed by atoms with Crippen molar-refractivity contribution in [1.29, 1.82) is 0 Å². The Morgan fingerprint density at radius 2 is 1.73 bits per heavy atom. The molecule has 0 aliphatic heterocycles. The Kier molecular flexibility index (Phi) is 4.54. The van der Waals surface area contributed by atoms with Crippen molar-refractivity contribution in [3.63, 3.8) is 0 Å². The van der Waals surface area contributed by atoms with Crippen LogP contribution >= 0.6 is 0 Å². The first kappa shape index (κ1) is 12.0. The Hall–Kier alpha value is -1.11. The van der Waals surface area contributed by atoms with Crippen molar-refractivity contribution in [2.45, 2.75) is 33.6 Å². The molecule has 0 aliphatic carbocycles. The fourth-order valence-electron chi connectivity index (χ4n) is 1.49. The van der Waals surface area contributed by atoms with Gasteiger partial charge in [-0.05, 0) is 17.4 Å². The van der Waals surface area contributed by atoms with Crippen molar-refractivity contribution in [2.75, 3.05) is 0 Å². The van der Waals surface area contributed by atoms with E-state index in [0.717, 1.165) is 5.56 Å². The molecule has 0 aromatic heterocycles. The van der Waals surface area contributed by atoms with Crippen LogP contribution < -0.4 is 0 Å². The van der Waals surface area contributed by atoms with E-state index in [2.05, 4.69) is 20.8 Å². The van der Waals surface area contributed by atoms with Crippen LogP contribution in [0, 0.1) is 11.8 Å². The number of Topliss-reactive ketones (excluding diaryl/α,β-unsaturated/α-hetero) is 1. The molecule has 1 atom stereocenters. The average Bonchev–Trinajstić information content (AvgIpc) is 2.18. The summed E-state index contributed by atoms with van der Waals surface area (Å²) in [5, 5.41) is 0. The molecular formula is C14H20O. The topological polar surface area (TPSA) is 17.1 Å². The van der Waals surface area contributed by atoms with Crippen molar-refractivity contribution in [2.24, 2.45) is 11.8 Å². The van der Waals surface area contributed by atoms with Gasteiger partial charge in [0.2, 0.25) is 0 Å². The van der Waals surface area contributed by atoms with Crippen molar-refractivity contribution >= 4 is 5.78 Å². The lowest BCUT2D eigenvalue weighted by Crippen LogP contribution is -2.12. The molecule has 82 valence electrons. The number of hydrogen-bond donors (Lipinski definition) is 0. The highest BCUT2D eigenvalue weighted by atomic mass is 16.1. The van der Waals surface area contributed by atoms with Crippen molar-refractivity contribution < 1.29 is 4.79 Å². The molecule has 0 N–H and O–H groups in total. The normalized spacial score (nSPS) is 12.8. The van der Waals surface area contributed by atoms with Crippen LogP contribution in [0.5, 0.6) is 0 Å². The summed E-state index contributed by atoms with van der Waals surface area (Å²) in [6.07, 6.45) is 1.28. The van der Waals surface area contributed by atoms with Gasteiger partial charge < -0.3 is 0 Å². The van der Waals surface area contributed by atoms with Gasteiger partial charge in [-0.3, -0.25) is 4.79 Å². The third kappa shape index (κ3) is 4.28. The fraction of sp³-hybridized carbons (Fsp3) is 0.500. The van der Waals surface area contributed by atoms with Gasteiger partial charge in [0.1, 0.15) is 5.78 Å². The maximum atomic E-state index is 11.7. The Labute approximate surface area is 92.5 Å². The summed E-state index contributed by atoms with van der Waals surface area (Å²) in [6, 6.07) is 9.96.